The van der Waals surface area contributed by atoms with Crippen molar-refractivity contribution in [1.29, 1.82) is 0 Å². The molecule has 0 aliphatic carbocycles. The molecule has 0 saturated heterocycles. The van der Waals surface area contributed by atoms with Crippen molar-refractivity contribution in [2.75, 3.05) is 13.1 Å². The third kappa shape index (κ3) is 3.53. The summed E-state index contributed by atoms with van der Waals surface area (Å²) in [6, 6.07) is 12.5. The highest BCUT2D eigenvalue weighted by Crippen LogP contribution is 2.34. The topological polar surface area (TPSA) is 21.3 Å². The summed E-state index contributed by atoms with van der Waals surface area (Å²) < 4.78 is 7.25. The molecule has 3 heteroatoms. The third-order valence-corrected chi connectivity index (χ3v) is 4.26. The standard InChI is InChI=1S/C17H22BrNO/c1-4-19-11-16(12(2)3)20-15-10-9-13-7-5-6-8-14(13)17(15)18/h5-10,12,16,19H,4,11H2,1-3H3. The van der Waals surface area contributed by atoms with Crippen molar-refractivity contribution in [1.82, 2.24) is 5.32 Å². The zero-order chi connectivity index (χ0) is 14.5. The molecule has 0 bridgehead atoms. The number of hydrogen-bond donors (Lipinski definition) is 1. The van der Waals surface area contributed by atoms with Crippen LogP contribution in [0.4, 0.5) is 0 Å². The van der Waals surface area contributed by atoms with Crippen molar-refractivity contribution in [2.45, 2.75) is 26.9 Å². The van der Waals surface area contributed by atoms with E-state index in [0.29, 0.717) is 5.92 Å². The predicted molar refractivity (Wildman–Crippen MR) is 89.4 cm³/mol. The van der Waals surface area contributed by atoms with Crippen LogP contribution in [-0.2, 0) is 0 Å². The lowest BCUT2D eigenvalue weighted by Gasteiger charge is -2.24. The van der Waals surface area contributed by atoms with Gasteiger partial charge in [0.2, 0.25) is 0 Å². The fourth-order valence-electron chi connectivity index (χ4n) is 2.17. The number of ether oxygens (including phenoxy) is 1. The number of benzene rings is 2. The third-order valence-electron chi connectivity index (χ3n) is 3.45. The Bertz CT molecular complexity index is 568. The Kier molecular flexibility index (Phi) is 5.44. The molecule has 2 aromatic carbocycles. The minimum Gasteiger partial charge on any atom is -0.488 e. The van der Waals surface area contributed by atoms with Crippen LogP contribution in [0.15, 0.2) is 40.9 Å². The first-order valence-corrected chi connectivity index (χ1v) is 7.97. The van der Waals surface area contributed by atoms with Gasteiger partial charge in [-0.25, -0.2) is 0 Å². The largest absolute Gasteiger partial charge is 0.488 e. The highest BCUT2D eigenvalue weighted by atomic mass is 79.9. The summed E-state index contributed by atoms with van der Waals surface area (Å²) in [5.41, 5.74) is 0. The van der Waals surface area contributed by atoms with Crippen LogP contribution < -0.4 is 10.1 Å². The average Bonchev–Trinajstić information content (AvgIpc) is 2.45. The molecule has 1 unspecified atom stereocenters. The van der Waals surface area contributed by atoms with E-state index in [1.807, 2.05) is 6.07 Å². The minimum absolute atomic E-state index is 0.174. The molecule has 108 valence electrons. The minimum atomic E-state index is 0.174. The van der Waals surface area contributed by atoms with Crippen molar-refractivity contribution in [3.05, 3.63) is 40.9 Å². The molecular formula is C17H22BrNO. The van der Waals surface area contributed by atoms with E-state index in [2.05, 4.69) is 72.3 Å². The molecule has 20 heavy (non-hydrogen) atoms. The Labute approximate surface area is 129 Å². The Balaban J connectivity index is 2.25. The summed E-state index contributed by atoms with van der Waals surface area (Å²) in [4.78, 5) is 0. The van der Waals surface area contributed by atoms with Crippen molar-refractivity contribution in [3.8, 4) is 5.75 Å². The first-order valence-electron chi connectivity index (χ1n) is 7.18. The van der Waals surface area contributed by atoms with Crippen molar-refractivity contribution < 1.29 is 4.74 Å². The fourth-order valence-corrected chi connectivity index (χ4v) is 2.75. The summed E-state index contributed by atoms with van der Waals surface area (Å²) in [7, 11) is 0. The van der Waals surface area contributed by atoms with E-state index in [4.69, 9.17) is 4.74 Å². The van der Waals surface area contributed by atoms with Gasteiger partial charge in [0.25, 0.3) is 0 Å². The number of likely N-dealkylation sites (N-methyl/N-ethyl adjacent to an activating group) is 1. The second-order valence-corrected chi connectivity index (χ2v) is 6.10. The zero-order valence-corrected chi connectivity index (χ0v) is 13.9. The quantitative estimate of drug-likeness (QED) is 0.831. The van der Waals surface area contributed by atoms with Crippen LogP contribution in [0, 0.1) is 5.92 Å². The molecule has 2 nitrogen and oxygen atoms in total. The molecule has 1 atom stereocenters. The van der Waals surface area contributed by atoms with Crippen molar-refractivity contribution >= 4 is 26.7 Å². The van der Waals surface area contributed by atoms with Gasteiger partial charge in [-0.2, -0.15) is 0 Å². The second-order valence-electron chi connectivity index (χ2n) is 5.31. The molecule has 0 spiro atoms. The van der Waals surface area contributed by atoms with Gasteiger partial charge in [0, 0.05) is 6.54 Å². The first-order chi connectivity index (χ1) is 9.63. The lowest BCUT2D eigenvalue weighted by atomic mass is 10.1. The maximum absolute atomic E-state index is 6.21. The fraction of sp³-hybridized carbons (Fsp3) is 0.412. The molecule has 0 amide bonds. The Morgan fingerprint density at radius 1 is 1.15 bits per heavy atom. The van der Waals surface area contributed by atoms with Crippen LogP contribution in [0.3, 0.4) is 0 Å². The maximum Gasteiger partial charge on any atom is 0.134 e. The molecule has 1 N–H and O–H groups in total. The molecule has 0 aromatic heterocycles. The van der Waals surface area contributed by atoms with Crippen molar-refractivity contribution in [3.63, 3.8) is 0 Å². The van der Waals surface area contributed by atoms with Gasteiger partial charge in [-0.3, -0.25) is 0 Å². The van der Waals surface area contributed by atoms with Gasteiger partial charge >= 0.3 is 0 Å². The zero-order valence-electron chi connectivity index (χ0n) is 12.3. The van der Waals surface area contributed by atoms with Gasteiger partial charge in [-0.1, -0.05) is 51.1 Å². The molecule has 0 heterocycles. The van der Waals surface area contributed by atoms with Crippen LogP contribution in [0.2, 0.25) is 0 Å². The van der Waals surface area contributed by atoms with Crippen LogP contribution in [0.1, 0.15) is 20.8 Å². The van der Waals surface area contributed by atoms with Crippen LogP contribution in [0.5, 0.6) is 5.75 Å². The van der Waals surface area contributed by atoms with Gasteiger partial charge in [-0.05, 0) is 45.2 Å². The van der Waals surface area contributed by atoms with Crippen molar-refractivity contribution in [2.24, 2.45) is 5.92 Å². The normalized spacial score (nSPS) is 12.8. The summed E-state index contributed by atoms with van der Waals surface area (Å²) in [5, 5.41) is 5.78. The monoisotopic (exact) mass is 335 g/mol. The Hall–Kier alpha value is -1.06. The van der Waals surface area contributed by atoms with E-state index in [-0.39, 0.29) is 6.10 Å². The highest BCUT2D eigenvalue weighted by molar-refractivity contribution is 9.10. The van der Waals surface area contributed by atoms with Gasteiger partial charge in [0.15, 0.2) is 0 Å². The molecule has 0 fully saturated rings. The van der Waals surface area contributed by atoms with Gasteiger partial charge in [0.1, 0.15) is 11.9 Å². The van der Waals surface area contributed by atoms with E-state index < -0.39 is 0 Å². The number of rotatable bonds is 6. The summed E-state index contributed by atoms with van der Waals surface area (Å²) in [6.45, 7) is 8.33. The van der Waals surface area contributed by atoms with Crippen LogP contribution >= 0.6 is 15.9 Å². The van der Waals surface area contributed by atoms with E-state index in [1.165, 1.54) is 10.8 Å². The van der Waals surface area contributed by atoms with Crippen LogP contribution in [-0.4, -0.2) is 19.2 Å². The second kappa shape index (κ2) is 7.09. The molecule has 0 radical (unpaired) electrons. The number of halogens is 1. The maximum atomic E-state index is 6.21. The molecule has 2 aromatic rings. The van der Waals surface area contributed by atoms with E-state index in [1.54, 1.807) is 0 Å². The van der Waals surface area contributed by atoms with Gasteiger partial charge in [0.05, 0.1) is 4.47 Å². The van der Waals surface area contributed by atoms with E-state index in [9.17, 15) is 0 Å². The lowest BCUT2D eigenvalue weighted by Crippen LogP contribution is -2.35. The number of fused-ring (bicyclic) bond motifs is 1. The Morgan fingerprint density at radius 3 is 2.60 bits per heavy atom. The van der Waals surface area contributed by atoms with Gasteiger partial charge in [-0.15, -0.1) is 0 Å². The number of hydrogen-bond acceptors (Lipinski definition) is 2. The van der Waals surface area contributed by atoms with E-state index in [0.717, 1.165) is 23.3 Å². The summed E-state index contributed by atoms with van der Waals surface area (Å²) in [6.07, 6.45) is 0.174. The average molecular weight is 336 g/mol. The molecular weight excluding hydrogens is 314 g/mol. The smallest absolute Gasteiger partial charge is 0.134 e. The van der Waals surface area contributed by atoms with Gasteiger partial charge < -0.3 is 10.1 Å². The van der Waals surface area contributed by atoms with E-state index >= 15 is 0 Å². The first kappa shape index (κ1) is 15.3. The summed E-state index contributed by atoms with van der Waals surface area (Å²) in [5.74, 6) is 1.38. The highest BCUT2D eigenvalue weighted by Gasteiger charge is 2.16. The SMILES string of the molecule is CCNCC(Oc1ccc2ccccc2c1Br)C(C)C. The Morgan fingerprint density at radius 2 is 1.90 bits per heavy atom. The summed E-state index contributed by atoms with van der Waals surface area (Å²) >= 11 is 3.68. The number of nitrogens with one attached hydrogen (secondary N) is 1. The lowest BCUT2D eigenvalue weighted by molar-refractivity contribution is 0.149. The molecule has 2 rings (SSSR count). The molecule has 0 aliphatic rings. The molecule has 0 saturated carbocycles. The van der Waals surface area contributed by atoms with Crippen LogP contribution in [0.25, 0.3) is 10.8 Å². The predicted octanol–water partition coefficient (Wildman–Crippen LogP) is 4.62. The molecule has 0 aliphatic heterocycles.